The van der Waals surface area contributed by atoms with Crippen molar-refractivity contribution in [2.24, 2.45) is 0 Å². The van der Waals surface area contributed by atoms with Crippen LogP contribution in [0.5, 0.6) is 0 Å². The zero-order valence-corrected chi connectivity index (χ0v) is 21.0. The molecule has 0 radical (unpaired) electrons. The number of amides is 1. The highest BCUT2D eigenvalue weighted by Crippen LogP contribution is 2.22. The van der Waals surface area contributed by atoms with Crippen LogP contribution in [0.3, 0.4) is 0 Å². The Morgan fingerprint density at radius 2 is 1.54 bits per heavy atom. The molecule has 7 nitrogen and oxygen atoms in total. The normalized spacial score (nSPS) is 11.3. The Labute approximate surface area is 206 Å². The molecule has 0 saturated carbocycles. The summed E-state index contributed by atoms with van der Waals surface area (Å²) < 4.78 is 30.1. The van der Waals surface area contributed by atoms with E-state index in [9.17, 15) is 13.2 Å². The fourth-order valence-electron chi connectivity index (χ4n) is 3.92. The first kappa shape index (κ1) is 24.2. The zero-order chi connectivity index (χ0) is 25.2. The van der Waals surface area contributed by atoms with Crippen molar-refractivity contribution < 1.29 is 13.2 Å². The number of hydrogen-bond acceptors (Lipinski definition) is 4. The van der Waals surface area contributed by atoms with E-state index in [2.05, 4.69) is 9.82 Å². The van der Waals surface area contributed by atoms with E-state index in [1.165, 1.54) is 12.1 Å². The third kappa shape index (κ3) is 5.12. The number of benzene rings is 3. The number of para-hydroxylation sites is 2. The van der Waals surface area contributed by atoms with Crippen molar-refractivity contribution in [1.82, 2.24) is 14.7 Å². The zero-order valence-electron chi connectivity index (χ0n) is 20.2. The number of aromatic nitrogens is 2. The molecule has 1 N–H and O–H groups in total. The van der Waals surface area contributed by atoms with Crippen LogP contribution in [0.1, 0.15) is 32.9 Å². The molecule has 0 spiro atoms. The SMILES string of the molecule is Cc1ccccc1NS(=O)(=O)c1ccc(C(=O)N(C)Cc2c(C)nn(-c3ccccc3)c2C)cc1. The molecule has 0 aliphatic rings. The molecule has 180 valence electrons. The van der Waals surface area contributed by atoms with Gasteiger partial charge in [-0.3, -0.25) is 9.52 Å². The second kappa shape index (κ2) is 9.76. The van der Waals surface area contributed by atoms with E-state index in [4.69, 9.17) is 0 Å². The van der Waals surface area contributed by atoms with Gasteiger partial charge in [0.25, 0.3) is 15.9 Å². The maximum atomic E-state index is 13.1. The van der Waals surface area contributed by atoms with Crippen LogP contribution in [0.4, 0.5) is 5.69 Å². The Morgan fingerprint density at radius 1 is 0.914 bits per heavy atom. The summed E-state index contributed by atoms with van der Waals surface area (Å²) in [6, 6.07) is 23.0. The van der Waals surface area contributed by atoms with Gasteiger partial charge < -0.3 is 4.90 Å². The van der Waals surface area contributed by atoms with E-state index in [1.54, 1.807) is 36.2 Å². The lowest BCUT2D eigenvalue weighted by Gasteiger charge is -2.18. The Bertz CT molecular complexity index is 1460. The molecule has 0 aliphatic carbocycles. The molecule has 0 saturated heterocycles. The quantitative estimate of drug-likeness (QED) is 0.402. The molecule has 3 aromatic carbocycles. The molecular formula is C27H28N4O3S. The van der Waals surface area contributed by atoms with E-state index >= 15 is 0 Å². The van der Waals surface area contributed by atoms with Crippen LogP contribution in [0, 0.1) is 20.8 Å². The van der Waals surface area contributed by atoms with Gasteiger partial charge >= 0.3 is 0 Å². The number of rotatable bonds is 7. The van der Waals surface area contributed by atoms with E-state index in [0.29, 0.717) is 17.8 Å². The molecule has 0 atom stereocenters. The smallest absolute Gasteiger partial charge is 0.261 e. The number of carbonyl (C=O) groups is 1. The summed E-state index contributed by atoms with van der Waals surface area (Å²) in [5.41, 5.74) is 5.52. The van der Waals surface area contributed by atoms with Crippen molar-refractivity contribution >= 4 is 21.6 Å². The summed E-state index contributed by atoms with van der Waals surface area (Å²) in [5.74, 6) is -0.202. The minimum atomic E-state index is -3.77. The minimum absolute atomic E-state index is 0.0933. The Morgan fingerprint density at radius 3 is 2.20 bits per heavy atom. The maximum absolute atomic E-state index is 13.1. The highest BCUT2D eigenvalue weighted by molar-refractivity contribution is 7.92. The number of hydrogen-bond donors (Lipinski definition) is 1. The summed E-state index contributed by atoms with van der Waals surface area (Å²) >= 11 is 0. The molecular weight excluding hydrogens is 460 g/mol. The van der Waals surface area contributed by atoms with E-state index in [-0.39, 0.29) is 10.8 Å². The van der Waals surface area contributed by atoms with Crippen molar-refractivity contribution in [3.05, 3.63) is 107 Å². The van der Waals surface area contributed by atoms with Crippen molar-refractivity contribution in [3.63, 3.8) is 0 Å². The number of carbonyl (C=O) groups excluding carboxylic acids is 1. The molecule has 1 amide bonds. The van der Waals surface area contributed by atoms with Crippen LogP contribution in [-0.4, -0.2) is 36.1 Å². The van der Waals surface area contributed by atoms with Gasteiger partial charge in [-0.1, -0.05) is 36.4 Å². The van der Waals surface area contributed by atoms with E-state index < -0.39 is 10.0 Å². The van der Waals surface area contributed by atoms with Crippen LogP contribution in [0.25, 0.3) is 5.69 Å². The van der Waals surface area contributed by atoms with Gasteiger partial charge in [-0.05, 0) is 68.8 Å². The number of nitrogens with zero attached hydrogens (tertiary/aromatic N) is 3. The first-order valence-corrected chi connectivity index (χ1v) is 12.7. The number of nitrogens with one attached hydrogen (secondary N) is 1. The molecule has 8 heteroatoms. The predicted octanol–water partition coefficient (Wildman–Crippen LogP) is 4.87. The van der Waals surface area contributed by atoms with Crippen molar-refractivity contribution in [3.8, 4) is 5.69 Å². The molecule has 0 fully saturated rings. The second-order valence-corrected chi connectivity index (χ2v) is 10.2. The van der Waals surface area contributed by atoms with Gasteiger partial charge in [-0.2, -0.15) is 5.10 Å². The standard InChI is InChI=1S/C27H28N4O3S/c1-19-10-8-9-13-26(19)29-35(33,34)24-16-14-22(15-17-24)27(32)30(4)18-25-20(2)28-31(21(25)3)23-11-6-5-7-12-23/h5-17,29H,18H2,1-4H3. The number of aryl methyl sites for hydroxylation is 2. The van der Waals surface area contributed by atoms with Crippen molar-refractivity contribution in [2.75, 3.05) is 11.8 Å². The second-order valence-electron chi connectivity index (χ2n) is 8.50. The first-order chi connectivity index (χ1) is 16.7. The molecule has 4 rings (SSSR count). The highest BCUT2D eigenvalue weighted by atomic mass is 32.2. The maximum Gasteiger partial charge on any atom is 0.261 e. The van der Waals surface area contributed by atoms with Crippen LogP contribution >= 0.6 is 0 Å². The van der Waals surface area contributed by atoms with Crippen LogP contribution in [-0.2, 0) is 16.6 Å². The average Bonchev–Trinajstić information content (AvgIpc) is 3.14. The Hall–Kier alpha value is -3.91. The molecule has 0 bridgehead atoms. The van der Waals surface area contributed by atoms with Gasteiger partial charge in [0.1, 0.15) is 0 Å². The largest absolute Gasteiger partial charge is 0.337 e. The van der Waals surface area contributed by atoms with Crippen LogP contribution < -0.4 is 4.72 Å². The molecule has 0 unspecified atom stereocenters. The van der Waals surface area contributed by atoms with Crippen molar-refractivity contribution in [1.29, 1.82) is 0 Å². The Kier molecular flexibility index (Phi) is 6.75. The molecule has 35 heavy (non-hydrogen) atoms. The summed E-state index contributed by atoms with van der Waals surface area (Å²) in [4.78, 5) is 14.8. The topological polar surface area (TPSA) is 84.3 Å². The van der Waals surface area contributed by atoms with Gasteiger partial charge in [0.15, 0.2) is 0 Å². The summed E-state index contributed by atoms with van der Waals surface area (Å²) in [5, 5.41) is 4.65. The third-order valence-electron chi connectivity index (χ3n) is 5.98. The van der Waals surface area contributed by atoms with Gasteiger partial charge in [-0.25, -0.2) is 13.1 Å². The van der Waals surface area contributed by atoms with Gasteiger partial charge in [0, 0.05) is 30.4 Å². The summed E-state index contributed by atoms with van der Waals surface area (Å²) in [6.07, 6.45) is 0. The first-order valence-electron chi connectivity index (χ1n) is 11.2. The summed E-state index contributed by atoms with van der Waals surface area (Å²) in [7, 11) is -2.04. The van der Waals surface area contributed by atoms with Gasteiger partial charge in [0.05, 0.1) is 22.0 Å². The molecule has 1 aromatic heterocycles. The Balaban J connectivity index is 1.50. The van der Waals surface area contributed by atoms with Gasteiger partial charge in [0.2, 0.25) is 0 Å². The lowest BCUT2D eigenvalue weighted by molar-refractivity contribution is 0.0784. The average molecular weight is 489 g/mol. The molecule has 1 heterocycles. The predicted molar refractivity (Wildman–Crippen MR) is 137 cm³/mol. The lowest BCUT2D eigenvalue weighted by atomic mass is 10.1. The highest BCUT2D eigenvalue weighted by Gasteiger charge is 2.20. The van der Waals surface area contributed by atoms with Crippen molar-refractivity contribution in [2.45, 2.75) is 32.2 Å². The van der Waals surface area contributed by atoms with E-state index in [0.717, 1.165) is 28.2 Å². The minimum Gasteiger partial charge on any atom is -0.337 e. The number of anilines is 1. The van der Waals surface area contributed by atoms with E-state index in [1.807, 2.05) is 67.9 Å². The monoisotopic (exact) mass is 488 g/mol. The van der Waals surface area contributed by atoms with Crippen LogP contribution in [0.2, 0.25) is 0 Å². The van der Waals surface area contributed by atoms with Gasteiger partial charge in [-0.15, -0.1) is 0 Å². The fourth-order valence-corrected chi connectivity index (χ4v) is 5.05. The molecule has 4 aromatic rings. The fraction of sp³-hybridized carbons (Fsp3) is 0.185. The lowest BCUT2D eigenvalue weighted by Crippen LogP contribution is -2.26. The number of sulfonamides is 1. The molecule has 0 aliphatic heterocycles. The summed E-state index contributed by atoms with van der Waals surface area (Å²) in [6.45, 7) is 6.14. The van der Waals surface area contributed by atoms with Crippen LogP contribution in [0.15, 0.2) is 83.8 Å². The third-order valence-corrected chi connectivity index (χ3v) is 7.37.